The van der Waals surface area contributed by atoms with Gasteiger partial charge in [0.2, 0.25) is 0 Å². The lowest BCUT2D eigenvalue weighted by molar-refractivity contribution is 0.0935. The number of anilines is 1. The van der Waals surface area contributed by atoms with Crippen LogP contribution in [0.15, 0.2) is 24.7 Å². The maximum absolute atomic E-state index is 12.4. The van der Waals surface area contributed by atoms with Gasteiger partial charge in [-0.15, -0.1) is 0 Å². The van der Waals surface area contributed by atoms with Gasteiger partial charge < -0.3 is 10.2 Å². The summed E-state index contributed by atoms with van der Waals surface area (Å²) in [7, 11) is 0. The van der Waals surface area contributed by atoms with Gasteiger partial charge in [0.1, 0.15) is 4.88 Å². The number of carbonyl (C=O) groups is 1. The largest absolute Gasteiger partial charge is 0.355 e. The molecule has 4 heterocycles. The summed E-state index contributed by atoms with van der Waals surface area (Å²) in [6.07, 6.45) is 7.29. The van der Waals surface area contributed by atoms with Crippen LogP contribution in [0.1, 0.15) is 28.2 Å². The number of rotatable bonds is 3. The van der Waals surface area contributed by atoms with Crippen LogP contribution in [0.5, 0.6) is 0 Å². The summed E-state index contributed by atoms with van der Waals surface area (Å²) in [4.78, 5) is 20.4. The second-order valence-electron chi connectivity index (χ2n) is 5.86. The van der Waals surface area contributed by atoms with E-state index in [9.17, 15) is 4.79 Å². The van der Waals surface area contributed by atoms with Crippen LogP contribution in [-0.2, 0) is 0 Å². The van der Waals surface area contributed by atoms with Crippen LogP contribution < -0.4 is 10.2 Å². The molecule has 1 aliphatic heterocycles. The van der Waals surface area contributed by atoms with Gasteiger partial charge in [0.25, 0.3) is 5.91 Å². The first-order valence-corrected chi connectivity index (χ1v) is 8.51. The van der Waals surface area contributed by atoms with Crippen molar-refractivity contribution in [3.05, 3.63) is 35.2 Å². The van der Waals surface area contributed by atoms with Gasteiger partial charge in [-0.2, -0.15) is 5.10 Å². The minimum atomic E-state index is -0.00503. The summed E-state index contributed by atoms with van der Waals surface area (Å²) in [6, 6.07) is 2.27. The van der Waals surface area contributed by atoms with E-state index in [4.69, 9.17) is 0 Å². The molecule has 7 nitrogen and oxygen atoms in total. The first-order valence-electron chi connectivity index (χ1n) is 7.69. The molecule has 0 spiro atoms. The van der Waals surface area contributed by atoms with Crippen molar-refractivity contribution in [2.45, 2.75) is 25.8 Å². The number of amides is 1. The van der Waals surface area contributed by atoms with Crippen molar-refractivity contribution in [3.63, 3.8) is 0 Å². The number of H-pyrrole nitrogens is 1. The lowest BCUT2D eigenvalue weighted by atomic mass is 10.0. The predicted octanol–water partition coefficient (Wildman–Crippen LogP) is 1.83. The molecule has 1 amide bonds. The average molecular weight is 330 g/mol. The second kappa shape index (κ2) is 5.69. The number of nitrogens with one attached hydrogen (secondary N) is 2. The van der Waals surface area contributed by atoms with Gasteiger partial charge >= 0.3 is 0 Å². The Kier molecular flexibility index (Phi) is 3.53. The lowest BCUT2D eigenvalue weighted by Crippen LogP contribution is -2.44. The summed E-state index contributed by atoms with van der Waals surface area (Å²) >= 11 is 1.42. The molecule has 1 saturated heterocycles. The number of hydrogen-bond donors (Lipinski definition) is 2. The summed E-state index contributed by atoms with van der Waals surface area (Å²) in [5, 5.41) is 10.4. The van der Waals surface area contributed by atoms with E-state index in [2.05, 4.69) is 31.5 Å². The predicted molar refractivity (Wildman–Crippen MR) is 89.1 cm³/mol. The van der Waals surface area contributed by atoms with Gasteiger partial charge in [0.05, 0.1) is 0 Å². The molecule has 2 N–H and O–H groups in total. The number of aryl methyl sites for hydroxylation is 1. The number of aromatic nitrogens is 4. The van der Waals surface area contributed by atoms with Crippen molar-refractivity contribution in [3.8, 4) is 0 Å². The highest BCUT2D eigenvalue weighted by Crippen LogP contribution is 2.20. The quantitative estimate of drug-likeness (QED) is 0.768. The highest BCUT2D eigenvalue weighted by molar-refractivity contribution is 7.18. The topological polar surface area (TPSA) is 78.3 Å². The molecular weight excluding hydrogens is 312 g/mol. The Hall–Kier alpha value is -2.35. The molecule has 0 unspecified atom stereocenters. The van der Waals surface area contributed by atoms with Crippen LogP contribution in [0.25, 0.3) is 4.96 Å². The highest BCUT2D eigenvalue weighted by Gasteiger charge is 2.23. The molecular formula is C15H18N6OS. The van der Waals surface area contributed by atoms with E-state index in [1.165, 1.54) is 11.3 Å². The minimum absolute atomic E-state index is 0.00503. The van der Waals surface area contributed by atoms with Gasteiger partial charge in [-0.3, -0.25) is 14.3 Å². The van der Waals surface area contributed by atoms with Crippen molar-refractivity contribution >= 4 is 28.0 Å². The monoisotopic (exact) mass is 330 g/mol. The van der Waals surface area contributed by atoms with E-state index in [0.717, 1.165) is 42.4 Å². The third kappa shape index (κ3) is 2.81. The Morgan fingerprint density at radius 1 is 1.43 bits per heavy atom. The highest BCUT2D eigenvalue weighted by atomic mass is 32.1. The van der Waals surface area contributed by atoms with Crippen molar-refractivity contribution in [1.29, 1.82) is 0 Å². The molecule has 23 heavy (non-hydrogen) atoms. The van der Waals surface area contributed by atoms with E-state index in [1.54, 1.807) is 6.20 Å². The third-order valence-electron chi connectivity index (χ3n) is 4.16. The summed E-state index contributed by atoms with van der Waals surface area (Å²) in [5.41, 5.74) is 1.07. The van der Waals surface area contributed by atoms with Gasteiger partial charge in [0, 0.05) is 49.5 Å². The van der Waals surface area contributed by atoms with E-state index >= 15 is 0 Å². The van der Waals surface area contributed by atoms with E-state index < -0.39 is 0 Å². The number of hydrogen-bond acceptors (Lipinski definition) is 5. The lowest BCUT2D eigenvalue weighted by Gasteiger charge is -2.32. The smallest absolute Gasteiger partial charge is 0.263 e. The van der Waals surface area contributed by atoms with Gasteiger partial charge in [-0.1, -0.05) is 11.3 Å². The molecule has 0 aromatic carbocycles. The minimum Gasteiger partial charge on any atom is -0.355 e. The molecule has 4 rings (SSSR count). The summed E-state index contributed by atoms with van der Waals surface area (Å²) in [5.74, 6) is 0.987. The van der Waals surface area contributed by atoms with Crippen LogP contribution in [0.2, 0.25) is 0 Å². The van der Waals surface area contributed by atoms with Crippen molar-refractivity contribution < 1.29 is 4.79 Å². The van der Waals surface area contributed by atoms with E-state index in [1.807, 2.05) is 23.7 Å². The number of fused-ring (bicyclic) bond motifs is 1. The van der Waals surface area contributed by atoms with Crippen LogP contribution in [0.3, 0.4) is 0 Å². The van der Waals surface area contributed by atoms with Crippen LogP contribution in [0, 0.1) is 6.92 Å². The zero-order valence-electron chi connectivity index (χ0n) is 12.8. The Bertz CT molecular complexity index is 797. The number of carbonyl (C=O) groups excluding carboxylic acids is 1. The Balaban J connectivity index is 1.35. The Morgan fingerprint density at radius 3 is 2.96 bits per heavy atom. The Morgan fingerprint density at radius 2 is 2.26 bits per heavy atom. The Labute approximate surface area is 137 Å². The molecule has 0 radical (unpaired) electrons. The van der Waals surface area contributed by atoms with Crippen LogP contribution in [-0.4, -0.2) is 44.6 Å². The number of nitrogens with zero attached hydrogens (tertiary/aromatic N) is 4. The summed E-state index contributed by atoms with van der Waals surface area (Å²) in [6.45, 7) is 3.81. The van der Waals surface area contributed by atoms with Gasteiger partial charge in [-0.25, -0.2) is 4.98 Å². The molecule has 0 bridgehead atoms. The molecule has 0 saturated carbocycles. The maximum Gasteiger partial charge on any atom is 0.263 e. The molecule has 0 aliphatic carbocycles. The fraction of sp³-hybridized carbons (Fsp3) is 0.400. The van der Waals surface area contributed by atoms with Gasteiger partial charge in [0.15, 0.2) is 10.8 Å². The average Bonchev–Trinajstić information content (AvgIpc) is 3.23. The first kappa shape index (κ1) is 14.3. The van der Waals surface area contributed by atoms with Crippen molar-refractivity contribution in [2.24, 2.45) is 0 Å². The van der Waals surface area contributed by atoms with Crippen molar-refractivity contribution in [1.82, 2.24) is 24.9 Å². The SMILES string of the molecule is Cc1cc(N2CCC(NC(=O)c3cn4ccnc4s3)CC2)n[nH]1. The molecule has 3 aromatic heterocycles. The van der Waals surface area contributed by atoms with Gasteiger partial charge in [-0.05, 0) is 19.8 Å². The molecule has 8 heteroatoms. The molecule has 0 atom stereocenters. The number of imidazole rings is 1. The maximum atomic E-state index is 12.4. The number of piperidine rings is 1. The molecule has 120 valence electrons. The van der Waals surface area contributed by atoms with Crippen molar-refractivity contribution in [2.75, 3.05) is 18.0 Å². The number of thiazole rings is 1. The molecule has 1 fully saturated rings. The molecule has 1 aliphatic rings. The second-order valence-corrected chi connectivity index (χ2v) is 6.87. The zero-order valence-corrected chi connectivity index (χ0v) is 13.6. The standard InChI is InChI=1S/C15H18N6OS/c1-10-8-13(19-18-10)20-5-2-11(3-6-20)17-14(22)12-9-21-7-4-16-15(21)23-12/h4,7-9,11H,2-3,5-6H2,1H3,(H,17,22)(H,18,19). The normalized spacial score (nSPS) is 16.1. The third-order valence-corrected chi connectivity index (χ3v) is 5.17. The zero-order chi connectivity index (χ0) is 15.8. The number of aromatic amines is 1. The van der Waals surface area contributed by atoms with E-state index in [-0.39, 0.29) is 11.9 Å². The van der Waals surface area contributed by atoms with E-state index in [0.29, 0.717) is 4.88 Å². The fourth-order valence-electron chi connectivity index (χ4n) is 2.91. The van der Waals surface area contributed by atoms with Crippen LogP contribution >= 0.6 is 11.3 Å². The fourth-order valence-corrected chi connectivity index (χ4v) is 3.75. The summed E-state index contributed by atoms with van der Waals surface area (Å²) < 4.78 is 1.88. The first-order chi connectivity index (χ1) is 11.2. The van der Waals surface area contributed by atoms with Crippen LogP contribution in [0.4, 0.5) is 5.82 Å². The molecule has 3 aromatic rings.